The molecule has 0 aliphatic rings. The van der Waals surface area contributed by atoms with E-state index in [1.807, 2.05) is 31.4 Å². The molecule has 0 aliphatic heterocycles. The Labute approximate surface area is 171 Å². The van der Waals surface area contributed by atoms with Crippen LogP contribution in [0.15, 0.2) is 34.7 Å². The second-order valence-corrected chi connectivity index (χ2v) is 8.03. The highest BCUT2D eigenvalue weighted by Gasteiger charge is 2.12. The fourth-order valence-corrected chi connectivity index (χ4v) is 4.35. The summed E-state index contributed by atoms with van der Waals surface area (Å²) >= 11 is 9.58. The van der Waals surface area contributed by atoms with Gasteiger partial charge in [-0.3, -0.25) is 5.43 Å². The Hall–Kier alpha value is -2.09. The first-order valence-corrected chi connectivity index (χ1v) is 10.6. The molecule has 8 heteroatoms. The van der Waals surface area contributed by atoms with Gasteiger partial charge in [0.05, 0.1) is 35.0 Å². The number of thiophene rings is 1. The van der Waals surface area contributed by atoms with Crippen molar-refractivity contribution >= 4 is 45.6 Å². The molecule has 0 saturated carbocycles. The van der Waals surface area contributed by atoms with E-state index in [-0.39, 0.29) is 0 Å². The Morgan fingerprint density at radius 3 is 2.78 bits per heavy atom. The number of nitrogens with one attached hydrogen (secondary N) is 1. The Balaban J connectivity index is 1.76. The molecule has 2 aromatic heterocycles. The number of thiazole rings is 1. The van der Waals surface area contributed by atoms with Crippen LogP contribution in [-0.2, 0) is 0 Å². The summed E-state index contributed by atoms with van der Waals surface area (Å²) in [7, 11) is 0. The van der Waals surface area contributed by atoms with Gasteiger partial charge in [-0.1, -0.05) is 17.7 Å². The van der Waals surface area contributed by atoms with Gasteiger partial charge in [0, 0.05) is 4.88 Å². The summed E-state index contributed by atoms with van der Waals surface area (Å²) < 4.78 is 11.2. The maximum Gasteiger partial charge on any atom is 0.204 e. The van der Waals surface area contributed by atoms with Gasteiger partial charge >= 0.3 is 0 Å². The summed E-state index contributed by atoms with van der Waals surface area (Å²) in [5, 5.41) is 7.57. The van der Waals surface area contributed by atoms with Gasteiger partial charge in [0.2, 0.25) is 5.13 Å². The molecule has 1 aromatic carbocycles. The third-order valence-electron chi connectivity index (χ3n) is 3.55. The van der Waals surface area contributed by atoms with Crippen LogP contribution in [0.3, 0.4) is 0 Å². The smallest absolute Gasteiger partial charge is 0.204 e. The molecule has 0 saturated heterocycles. The summed E-state index contributed by atoms with van der Waals surface area (Å²) in [5.74, 6) is 1.17. The first-order valence-electron chi connectivity index (χ1n) is 8.51. The van der Waals surface area contributed by atoms with Crippen LogP contribution in [0.4, 0.5) is 5.13 Å². The van der Waals surface area contributed by atoms with Crippen LogP contribution in [-0.4, -0.2) is 24.4 Å². The van der Waals surface area contributed by atoms with Crippen molar-refractivity contribution in [2.45, 2.75) is 20.8 Å². The standard InChI is InChI=1S/C19H20ClN3O2S2/c1-4-24-15-10-13(9-14(20)18(15)25-5-2)11-21-23-19-22-17(12(3)27-19)16-7-6-8-26-16/h6-11H,4-5H2,1-3H3,(H,22,23)/b21-11-. The van der Waals surface area contributed by atoms with Crippen molar-refractivity contribution in [1.82, 2.24) is 4.98 Å². The minimum absolute atomic E-state index is 0.495. The first kappa shape index (κ1) is 19.7. The van der Waals surface area contributed by atoms with Crippen molar-refractivity contribution in [3.63, 3.8) is 0 Å². The van der Waals surface area contributed by atoms with E-state index in [1.54, 1.807) is 35.0 Å². The number of aromatic nitrogens is 1. The largest absolute Gasteiger partial charge is 0.490 e. The van der Waals surface area contributed by atoms with E-state index in [0.29, 0.717) is 29.7 Å². The third-order valence-corrected chi connectivity index (χ3v) is 5.58. The zero-order chi connectivity index (χ0) is 19.2. The first-order chi connectivity index (χ1) is 13.1. The average Bonchev–Trinajstić information content (AvgIpc) is 3.28. The molecule has 0 fully saturated rings. The van der Waals surface area contributed by atoms with E-state index in [9.17, 15) is 0 Å². The number of nitrogens with zero attached hydrogens (tertiary/aromatic N) is 2. The van der Waals surface area contributed by atoms with Gasteiger partial charge in [0.15, 0.2) is 11.5 Å². The molecule has 2 heterocycles. The van der Waals surface area contributed by atoms with Crippen molar-refractivity contribution in [3.05, 3.63) is 45.1 Å². The predicted molar refractivity (Wildman–Crippen MR) is 115 cm³/mol. The van der Waals surface area contributed by atoms with Crippen LogP contribution < -0.4 is 14.9 Å². The van der Waals surface area contributed by atoms with Crippen molar-refractivity contribution < 1.29 is 9.47 Å². The maximum absolute atomic E-state index is 6.33. The quantitative estimate of drug-likeness (QED) is 0.354. The Morgan fingerprint density at radius 1 is 1.26 bits per heavy atom. The molecule has 142 valence electrons. The second kappa shape index (κ2) is 9.21. The van der Waals surface area contributed by atoms with Gasteiger partial charge in [-0.15, -0.1) is 22.7 Å². The number of halogens is 1. The molecule has 3 aromatic rings. The van der Waals surface area contributed by atoms with Gasteiger partial charge in [0.1, 0.15) is 0 Å². The zero-order valence-electron chi connectivity index (χ0n) is 15.3. The van der Waals surface area contributed by atoms with Crippen LogP contribution in [0.1, 0.15) is 24.3 Å². The normalized spacial score (nSPS) is 11.1. The molecule has 0 amide bonds. The van der Waals surface area contributed by atoms with Crippen LogP contribution in [0.25, 0.3) is 10.6 Å². The lowest BCUT2D eigenvalue weighted by Gasteiger charge is -2.13. The molecular weight excluding hydrogens is 402 g/mol. The minimum Gasteiger partial charge on any atom is -0.490 e. The number of anilines is 1. The van der Waals surface area contributed by atoms with E-state index in [2.05, 4.69) is 28.5 Å². The van der Waals surface area contributed by atoms with Crippen molar-refractivity contribution in [2.75, 3.05) is 18.6 Å². The molecule has 0 spiro atoms. The van der Waals surface area contributed by atoms with E-state index in [0.717, 1.165) is 26.1 Å². The number of ether oxygens (including phenoxy) is 2. The summed E-state index contributed by atoms with van der Waals surface area (Å²) in [4.78, 5) is 6.92. The topological polar surface area (TPSA) is 55.7 Å². The molecule has 0 atom stereocenters. The molecule has 0 aliphatic carbocycles. The molecular formula is C19H20ClN3O2S2. The van der Waals surface area contributed by atoms with Crippen molar-refractivity contribution in [1.29, 1.82) is 0 Å². The Morgan fingerprint density at radius 2 is 2.07 bits per heavy atom. The van der Waals surface area contributed by atoms with E-state index < -0.39 is 0 Å². The SMILES string of the molecule is CCOc1cc(/C=N\Nc2nc(-c3cccs3)c(C)s2)cc(Cl)c1OCC. The maximum atomic E-state index is 6.33. The summed E-state index contributed by atoms with van der Waals surface area (Å²) in [6.45, 7) is 6.93. The minimum atomic E-state index is 0.495. The summed E-state index contributed by atoms with van der Waals surface area (Å²) in [6.07, 6.45) is 1.69. The molecule has 1 N–H and O–H groups in total. The van der Waals surface area contributed by atoms with E-state index in [1.165, 1.54) is 0 Å². The van der Waals surface area contributed by atoms with Crippen LogP contribution in [0.2, 0.25) is 5.02 Å². The molecule has 5 nitrogen and oxygen atoms in total. The molecule has 0 bridgehead atoms. The summed E-state index contributed by atoms with van der Waals surface area (Å²) in [6, 6.07) is 7.74. The second-order valence-electron chi connectivity index (χ2n) is 5.47. The lowest BCUT2D eigenvalue weighted by atomic mass is 10.2. The van der Waals surface area contributed by atoms with Crippen LogP contribution in [0, 0.1) is 6.92 Å². The molecule has 27 heavy (non-hydrogen) atoms. The Bertz CT molecular complexity index is 923. The lowest BCUT2D eigenvalue weighted by molar-refractivity contribution is 0.288. The Kier molecular flexibility index (Phi) is 6.71. The average molecular weight is 422 g/mol. The van der Waals surface area contributed by atoms with Crippen molar-refractivity contribution in [2.24, 2.45) is 5.10 Å². The fraction of sp³-hybridized carbons (Fsp3) is 0.263. The number of hydrogen-bond donors (Lipinski definition) is 1. The van der Waals surface area contributed by atoms with Gasteiger partial charge in [-0.05, 0) is 49.9 Å². The van der Waals surface area contributed by atoms with Crippen LogP contribution >= 0.6 is 34.3 Å². The predicted octanol–water partition coefficient (Wildman–Crippen LogP) is 6.08. The number of hydrazone groups is 1. The number of benzene rings is 1. The third kappa shape index (κ3) is 4.80. The zero-order valence-corrected chi connectivity index (χ0v) is 17.7. The number of aryl methyl sites for hydroxylation is 1. The molecule has 0 unspecified atom stereocenters. The van der Waals surface area contributed by atoms with Gasteiger partial charge in [0.25, 0.3) is 0 Å². The van der Waals surface area contributed by atoms with E-state index in [4.69, 9.17) is 21.1 Å². The lowest BCUT2D eigenvalue weighted by Crippen LogP contribution is -2.00. The highest BCUT2D eigenvalue weighted by Crippen LogP contribution is 2.36. The summed E-state index contributed by atoms with van der Waals surface area (Å²) in [5.41, 5.74) is 4.80. The number of rotatable bonds is 8. The highest BCUT2D eigenvalue weighted by atomic mass is 35.5. The highest BCUT2D eigenvalue weighted by molar-refractivity contribution is 7.17. The van der Waals surface area contributed by atoms with Crippen molar-refractivity contribution in [3.8, 4) is 22.1 Å². The van der Waals surface area contributed by atoms with Crippen LogP contribution in [0.5, 0.6) is 11.5 Å². The fourth-order valence-electron chi connectivity index (χ4n) is 2.46. The van der Waals surface area contributed by atoms with Gasteiger partial charge < -0.3 is 9.47 Å². The molecule has 0 radical (unpaired) electrons. The van der Waals surface area contributed by atoms with Gasteiger partial charge in [-0.25, -0.2) is 4.98 Å². The van der Waals surface area contributed by atoms with Gasteiger partial charge in [-0.2, -0.15) is 5.10 Å². The monoisotopic (exact) mass is 421 g/mol. The molecule has 3 rings (SSSR count). The number of hydrogen-bond acceptors (Lipinski definition) is 7. The van der Waals surface area contributed by atoms with E-state index >= 15 is 0 Å².